The number of benzene rings is 1. The number of carboxylic acid groups (broad SMARTS) is 1. The van der Waals surface area contributed by atoms with Crippen molar-refractivity contribution in [3.8, 4) is 0 Å². The van der Waals surface area contributed by atoms with E-state index in [0.717, 1.165) is 17.5 Å². The lowest BCUT2D eigenvalue weighted by Gasteiger charge is -2.03. The maximum absolute atomic E-state index is 10.7. The largest absolute Gasteiger partial charge is 0.478 e. The van der Waals surface area contributed by atoms with E-state index in [0.29, 0.717) is 12.1 Å². The predicted molar refractivity (Wildman–Crippen MR) is 70.1 cm³/mol. The van der Waals surface area contributed by atoms with Gasteiger partial charge in [0.25, 0.3) is 0 Å². The average molecular weight is 247 g/mol. The summed E-state index contributed by atoms with van der Waals surface area (Å²) < 4.78 is 0. The number of carbonyl (C=O) groups is 2. The first-order chi connectivity index (χ1) is 8.49. The van der Waals surface area contributed by atoms with Crippen LogP contribution in [0.2, 0.25) is 0 Å². The number of aliphatic carboxylic acids is 1. The summed E-state index contributed by atoms with van der Waals surface area (Å²) in [4.78, 5) is 21.4. The van der Waals surface area contributed by atoms with Crippen molar-refractivity contribution in [2.45, 2.75) is 20.3 Å². The standard InChI is InChI=1S/C14H17NO3/c1-10(14(17)18)9-13-5-3-12(4-6-13)7-8-15-11(2)16/h3-6,9H,7-8H2,1-2H3,(H,15,16)(H,17,18)/b10-9+. The molecular formula is C14H17NO3. The molecule has 0 spiro atoms. The van der Waals surface area contributed by atoms with Crippen LogP contribution < -0.4 is 5.32 Å². The molecule has 0 aliphatic carbocycles. The van der Waals surface area contributed by atoms with Crippen molar-refractivity contribution in [2.24, 2.45) is 0 Å². The molecule has 1 rings (SSSR count). The summed E-state index contributed by atoms with van der Waals surface area (Å²) in [5.41, 5.74) is 2.27. The first-order valence-electron chi connectivity index (χ1n) is 5.74. The molecule has 4 heteroatoms. The summed E-state index contributed by atoms with van der Waals surface area (Å²) in [5, 5.41) is 11.5. The topological polar surface area (TPSA) is 66.4 Å². The molecule has 0 radical (unpaired) electrons. The Labute approximate surface area is 106 Å². The van der Waals surface area contributed by atoms with E-state index in [1.165, 1.54) is 6.92 Å². The van der Waals surface area contributed by atoms with Gasteiger partial charge in [0.05, 0.1) is 0 Å². The van der Waals surface area contributed by atoms with Gasteiger partial charge in [-0.15, -0.1) is 0 Å². The van der Waals surface area contributed by atoms with Crippen LogP contribution in [-0.2, 0) is 16.0 Å². The molecule has 0 fully saturated rings. The van der Waals surface area contributed by atoms with E-state index < -0.39 is 5.97 Å². The van der Waals surface area contributed by atoms with E-state index in [4.69, 9.17) is 5.11 Å². The number of hydrogen-bond acceptors (Lipinski definition) is 2. The van der Waals surface area contributed by atoms with Crippen molar-refractivity contribution in [1.29, 1.82) is 0 Å². The second-order valence-corrected chi connectivity index (χ2v) is 4.11. The minimum atomic E-state index is -0.912. The second kappa shape index (κ2) is 6.59. The lowest BCUT2D eigenvalue weighted by Crippen LogP contribution is -2.22. The fourth-order valence-corrected chi connectivity index (χ4v) is 1.48. The summed E-state index contributed by atoms with van der Waals surface area (Å²) in [7, 11) is 0. The molecule has 0 aliphatic heterocycles. The van der Waals surface area contributed by atoms with Gasteiger partial charge in [-0.05, 0) is 30.5 Å². The number of rotatable bonds is 5. The monoisotopic (exact) mass is 247 g/mol. The van der Waals surface area contributed by atoms with Gasteiger partial charge < -0.3 is 10.4 Å². The number of nitrogens with one attached hydrogen (secondary N) is 1. The zero-order valence-corrected chi connectivity index (χ0v) is 10.6. The lowest BCUT2D eigenvalue weighted by molar-refractivity contribution is -0.132. The highest BCUT2D eigenvalue weighted by atomic mass is 16.4. The molecule has 0 aromatic heterocycles. The van der Waals surface area contributed by atoms with Gasteiger partial charge in [-0.3, -0.25) is 4.79 Å². The van der Waals surface area contributed by atoms with Crippen molar-refractivity contribution in [1.82, 2.24) is 5.32 Å². The Balaban J connectivity index is 2.60. The lowest BCUT2D eigenvalue weighted by atomic mass is 10.1. The van der Waals surface area contributed by atoms with Gasteiger partial charge in [0.2, 0.25) is 5.91 Å². The third kappa shape index (κ3) is 4.82. The van der Waals surface area contributed by atoms with Crippen LogP contribution in [0.15, 0.2) is 29.8 Å². The zero-order chi connectivity index (χ0) is 13.5. The normalized spacial score (nSPS) is 11.1. The highest BCUT2D eigenvalue weighted by Crippen LogP contribution is 2.09. The first kappa shape index (κ1) is 14.0. The minimum absolute atomic E-state index is 0.0355. The molecule has 0 saturated heterocycles. The van der Waals surface area contributed by atoms with Crippen LogP contribution in [-0.4, -0.2) is 23.5 Å². The summed E-state index contributed by atoms with van der Waals surface area (Å²) in [6.07, 6.45) is 2.39. The van der Waals surface area contributed by atoms with Crippen LogP contribution in [0, 0.1) is 0 Å². The Kier molecular flexibility index (Phi) is 5.11. The Morgan fingerprint density at radius 1 is 1.22 bits per heavy atom. The van der Waals surface area contributed by atoms with Crippen molar-refractivity contribution < 1.29 is 14.7 Å². The molecule has 2 N–H and O–H groups in total. The summed E-state index contributed by atoms with van der Waals surface area (Å²) in [5.74, 6) is -0.948. The molecule has 1 aromatic carbocycles. The van der Waals surface area contributed by atoms with Crippen LogP contribution in [0.25, 0.3) is 6.08 Å². The molecule has 0 unspecified atom stereocenters. The molecule has 0 bridgehead atoms. The van der Waals surface area contributed by atoms with Gasteiger partial charge in [0, 0.05) is 19.0 Å². The maximum Gasteiger partial charge on any atom is 0.331 e. The van der Waals surface area contributed by atoms with Crippen LogP contribution in [0.4, 0.5) is 0 Å². The van der Waals surface area contributed by atoms with Gasteiger partial charge in [-0.2, -0.15) is 0 Å². The van der Waals surface area contributed by atoms with Crippen LogP contribution in [0.3, 0.4) is 0 Å². The molecule has 1 amide bonds. The van der Waals surface area contributed by atoms with E-state index in [1.807, 2.05) is 24.3 Å². The molecular weight excluding hydrogens is 230 g/mol. The Hall–Kier alpha value is -2.10. The Morgan fingerprint density at radius 2 is 1.83 bits per heavy atom. The van der Waals surface area contributed by atoms with E-state index in [9.17, 15) is 9.59 Å². The molecule has 4 nitrogen and oxygen atoms in total. The first-order valence-corrected chi connectivity index (χ1v) is 5.74. The van der Waals surface area contributed by atoms with Crippen LogP contribution in [0.5, 0.6) is 0 Å². The smallest absolute Gasteiger partial charge is 0.331 e. The minimum Gasteiger partial charge on any atom is -0.478 e. The third-order valence-corrected chi connectivity index (χ3v) is 2.49. The molecule has 0 aliphatic rings. The van der Waals surface area contributed by atoms with Crippen molar-refractivity contribution in [3.05, 3.63) is 41.0 Å². The molecule has 1 aromatic rings. The van der Waals surface area contributed by atoms with Crippen molar-refractivity contribution >= 4 is 18.0 Å². The predicted octanol–water partition coefficient (Wildman–Crippen LogP) is 1.85. The zero-order valence-electron chi connectivity index (χ0n) is 10.6. The third-order valence-electron chi connectivity index (χ3n) is 2.49. The Morgan fingerprint density at radius 3 is 2.33 bits per heavy atom. The van der Waals surface area contributed by atoms with Crippen molar-refractivity contribution in [3.63, 3.8) is 0 Å². The van der Waals surface area contributed by atoms with Crippen molar-refractivity contribution in [2.75, 3.05) is 6.54 Å². The van der Waals surface area contributed by atoms with Gasteiger partial charge in [-0.25, -0.2) is 4.79 Å². The number of hydrogen-bond donors (Lipinski definition) is 2. The van der Waals surface area contributed by atoms with Gasteiger partial charge in [0.1, 0.15) is 0 Å². The van der Waals surface area contributed by atoms with E-state index in [-0.39, 0.29) is 5.91 Å². The fraction of sp³-hybridized carbons (Fsp3) is 0.286. The quantitative estimate of drug-likeness (QED) is 0.780. The van der Waals surface area contributed by atoms with Crippen LogP contribution in [0.1, 0.15) is 25.0 Å². The molecule has 96 valence electrons. The second-order valence-electron chi connectivity index (χ2n) is 4.11. The summed E-state index contributed by atoms with van der Waals surface area (Å²) in [6, 6.07) is 7.61. The number of carbonyl (C=O) groups excluding carboxylic acids is 1. The highest BCUT2D eigenvalue weighted by Gasteiger charge is 2.00. The maximum atomic E-state index is 10.7. The average Bonchev–Trinajstić information content (AvgIpc) is 2.30. The van der Waals surface area contributed by atoms with Gasteiger partial charge >= 0.3 is 5.97 Å². The fourth-order valence-electron chi connectivity index (χ4n) is 1.48. The summed E-state index contributed by atoms with van der Waals surface area (Å²) in [6.45, 7) is 3.66. The molecule has 0 saturated carbocycles. The molecule has 0 heterocycles. The molecule has 0 atom stereocenters. The van der Waals surface area contributed by atoms with Gasteiger partial charge in [-0.1, -0.05) is 24.3 Å². The Bertz CT molecular complexity index is 460. The van der Waals surface area contributed by atoms with E-state index >= 15 is 0 Å². The summed E-state index contributed by atoms with van der Waals surface area (Å²) >= 11 is 0. The molecule has 18 heavy (non-hydrogen) atoms. The van der Waals surface area contributed by atoms with E-state index in [1.54, 1.807) is 13.0 Å². The number of amides is 1. The number of carboxylic acids is 1. The SMILES string of the molecule is CC(=O)NCCc1ccc(/C=C(\C)C(=O)O)cc1. The highest BCUT2D eigenvalue weighted by molar-refractivity contribution is 5.91. The van der Waals surface area contributed by atoms with E-state index in [2.05, 4.69) is 5.32 Å². The van der Waals surface area contributed by atoms with Gasteiger partial charge in [0.15, 0.2) is 0 Å². The van der Waals surface area contributed by atoms with Crippen LogP contribution >= 0.6 is 0 Å².